The van der Waals surface area contributed by atoms with Crippen molar-refractivity contribution in [1.82, 2.24) is 0 Å². The first kappa shape index (κ1) is 11.8. The first-order chi connectivity index (χ1) is 8.78. The third kappa shape index (κ3) is 2.04. The van der Waals surface area contributed by atoms with Crippen LogP contribution in [0.25, 0.3) is 0 Å². The molecule has 2 aromatic rings. The maximum atomic E-state index is 6.36. The van der Waals surface area contributed by atoms with Gasteiger partial charge in [0, 0.05) is 9.75 Å². The summed E-state index contributed by atoms with van der Waals surface area (Å²) in [7, 11) is 1.68. The molecule has 0 saturated carbocycles. The van der Waals surface area contributed by atoms with E-state index in [0.29, 0.717) is 0 Å². The lowest BCUT2D eigenvalue weighted by Crippen LogP contribution is -2.10. The van der Waals surface area contributed by atoms with E-state index in [1.165, 1.54) is 34.6 Å². The zero-order valence-electron chi connectivity index (χ0n) is 10.5. The van der Waals surface area contributed by atoms with Gasteiger partial charge in [-0.3, -0.25) is 0 Å². The van der Waals surface area contributed by atoms with Crippen molar-refractivity contribution in [2.45, 2.75) is 25.3 Å². The van der Waals surface area contributed by atoms with Gasteiger partial charge >= 0.3 is 0 Å². The summed E-state index contributed by atoms with van der Waals surface area (Å²) in [4.78, 5) is 2.80. The quantitative estimate of drug-likeness (QED) is 0.918. The van der Waals surface area contributed by atoms with Crippen LogP contribution in [0, 0.1) is 0 Å². The molecule has 0 saturated heterocycles. The van der Waals surface area contributed by atoms with Crippen LogP contribution < -0.4 is 10.5 Å². The Morgan fingerprint density at radius 2 is 2.17 bits per heavy atom. The van der Waals surface area contributed by atoms with Crippen molar-refractivity contribution >= 4 is 11.3 Å². The van der Waals surface area contributed by atoms with Crippen molar-refractivity contribution in [3.05, 3.63) is 51.2 Å². The Morgan fingerprint density at radius 1 is 1.28 bits per heavy atom. The van der Waals surface area contributed by atoms with Gasteiger partial charge in [-0.25, -0.2) is 0 Å². The van der Waals surface area contributed by atoms with Gasteiger partial charge in [0.1, 0.15) is 5.75 Å². The number of thiophene rings is 1. The monoisotopic (exact) mass is 259 g/mol. The van der Waals surface area contributed by atoms with E-state index in [1.54, 1.807) is 7.11 Å². The fourth-order valence-electron chi connectivity index (χ4n) is 2.50. The molecule has 1 unspecified atom stereocenters. The molecule has 0 spiro atoms. The highest BCUT2D eigenvalue weighted by Gasteiger charge is 2.19. The number of nitrogens with two attached hydrogens (primary N) is 1. The molecule has 94 valence electrons. The lowest BCUT2D eigenvalue weighted by Gasteiger charge is -2.11. The molecule has 1 aromatic heterocycles. The number of hydrogen-bond acceptors (Lipinski definition) is 3. The minimum Gasteiger partial charge on any atom is -0.497 e. The van der Waals surface area contributed by atoms with E-state index in [-0.39, 0.29) is 6.04 Å². The molecule has 1 aliphatic carbocycles. The summed E-state index contributed by atoms with van der Waals surface area (Å²) >= 11 is 1.87. The molecule has 0 fully saturated rings. The average molecular weight is 259 g/mol. The van der Waals surface area contributed by atoms with Crippen LogP contribution in [-0.2, 0) is 12.8 Å². The van der Waals surface area contributed by atoms with Crippen molar-refractivity contribution in [1.29, 1.82) is 0 Å². The summed E-state index contributed by atoms with van der Waals surface area (Å²) in [6, 6.07) is 10.3. The predicted octanol–water partition coefficient (Wildman–Crippen LogP) is 3.29. The van der Waals surface area contributed by atoms with Crippen LogP contribution in [0.15, 0.2) is 30.3 Å². The Bertz CT molecular complexity index is 540. The van der Waals surface area contributed by atoms with Gasteiger partial charge in [-0.15, -0.1) is 11.3 Å². The molecule has 0 radical (unpaired) electrons. The highest BCUT2D eigenvalue weighted by atomic mass is 32.1. The molecular formula is C15H17NOS. The first-order valence-corrected chi connectivity index (χ1v) is 7.10. The van der Waals surface area contributed by atoms with Gasteiger partial charge in [0.05, 0.1) is 13.2 Å². The Labute approximate surface area is 111 Å². The molecule has 3 rings (SSSR count). The zero-order valence-corrected chi connectivity index (χ0v) is 11.3. The van der Waals surface area contributed by atoms with E-state index in [2.05, 4.69) is 12.1 Å². The van der Waals surface area contributed by atoms with E-state index < -0.39 is 0 Å². The lowest BCUT2D eigenvalue weighted by atomic mass is 10.1. The van der Waals surface area contributed by atoms with Gasteiger partial charge in [-0.1, -0.05) is 12.1 Å². The summed E-state index contributed by atoms with van der Waals surface area (Å²) in [5.41, 5.74) is 8.98. The fraction of sp³-hybridized carbons (Fsp3) is 0.333. The van der Waals surface area contributed by atoms with E-state index in [0.717, 1.165) is 11.3 Å². The van der Waals surface area contributed by atoms with Crippen molar-refractivity contribution in [2.75, 3.05) is 7.11 Å². The molecule has 0 bridgehead atoms. The van der Waals surface area contributed by atoms with Crippen LogP contribution >= 0.6 is 11.3 Å². The molecule has 3 heteroatoms. The third-order valence-corrected chi connectivity index (χ3v) is 4.85. The van der Waals surface area contributed by atoms with E-state index in [1.807, 2.05) is 29.5 Å². The van der Waals surface area contributed by atoms with E-state index in [4.69, 9.17) is 10.5 Å². The molecule has 0 aliphatic heterocycles. The number of fused-ring (bicyclic) bond motifs is 1. The zero-order chi connectivity index (χ0) is 12.5. The Morgan fingerprint density at radius 3 is 2.94 bits per heavy atom. The second kappa shape index (κ2) is 4.75. The highest BCUT2D eigenvalue weighted by Crippen LogP contribution is 2.35. The first-order valence-electron chi connectivity index (χ1n) is 6.29. The van der Waals surface area contributed by atoms with Crippen LogP contribution in [-0.4, -0.2) is 7.11 Å². The Kier molecular flexibility index (Phi) is 3.10. The maximum absolute atomic E-state index is 6.36. The number of hydrogen-bond donors (Lipinski definition) is 1. The Hall–Kier alpha value is -1.32. The van der Waals surface area contributed by atoms with Crippen LogP contribution in [0.2, 0.25) is 0 Å². The van der Waals surface area contributed by atoms with Crippen LogP contribution in [0.5, 0.6) is 5.75 Å². The molecule has 2 N–H and O–H groups in total. The molecule has 1 heterocycles. The van der Waals surface area contributed by atoms with Crippen LogP contribution in [0.3, 0.4) is 0 Å². The van der Waals surface area contributed by atoms with Crippen molar-refractivity contribution in [2.24, 2.45) is 5.73 Å². The number of benzene rings is 1. The number of methoxy groups -OCH3 is 1. The molecule has 2 nitrogen and oxygen atoms in total. The summed E-state index contributed by atoms with van der Waals surface area (Å²) in [5, 5.41) is 0. The van der Waals surface area contributed by atoms with E-state index in [9.17, 15) is 0 Å². The minimum absolute atomic E-state index is 0.0318. The number of rotatable bonds is 3. The lowest BCUT2D eigenvalue weighted by molar-refractivity contribution is 0.414. The third-order valence-electron chi connectivity index (χ3n) is 3.53. The summed E-state index contributed by atoms with van der Waals surface area (Å²) in [6.45, 7) is 0. The van der Waals surface area contributed by atoms with Crippen molar-refractivity contribution in [3.63, 3.8) is 0 Å². The largest absolute Gasteiger partial charge is 0.497 e. The second-order valence-corrected chi connectivity index (χ2v) is 5.87. The van der Waals surface area contributed by atoms with Gasteiger partial charge in [-0.2, -0.15) is 0 Å². The molecule has 18 heavy (non-hydrogen) atoms. The van der Waals surface area contributed by atoms with E-state index >= 15 is 0 Å². The van der Waals surface area contributed by atoms with Gasteiger partial charge in [-0.05, 0) is 48.6 Å². The average Bonchev–Trinajstić information content (AvgIpc) is 2.98. The van der Waals surface area contributed by atoms with Gasteiger partial charge < -0.3 is 10.5 Å². The number of ether oxygens (including phenoxy) is 1. The number of aryl methyl sites for hydroxylation is 2. The van der Waals surface area contributed by atoms with Gasteiger partial charge in [0.15, 0.2) is 0 Å². The predicted molar refractivity (Wildman–Crippen MR) is 75.4 cm³/mol. The SMILES string of the molecule is COc1cccc(C(N)c2cc3c(s2)CCC3)c1. The normalized spacial score (nSPS) is 15.4. The molecule has 1 atom stereocenters. The van der Waals surface area contributed by atoms with Gasteiger partial charge in [0.2, 0.25) is 0 Å². The van der Waals surface area contributed by atoms with Crippen LogP contribution in [0.1, 0.15) is 33.3 Å². The summed E-state index contributed by atoms with van der Waals surface area (Å²) in [5.74, 6) is 0.868. The summed E-state index contributed by atoms with van der Waals surface area (Å²) < 4.78 is 5.25. The smallest absolute Gasteiger partial charge is 0.119 e. The topological polar surface area (TPSA) is 35.2 Å². The molecule has 1 aromatic carbocycles. The molecule has 0 amide bonds. The van der Waals surface area contributed by atoms with Crippen molar-refractivity contribution < 1.29 is 4.74 Å². The fourth-order valence-corrected chi connectivity index (χ4v) is 3.79. The minimum atomic E-state index is -0.0318. The van der Waals surface area contributed by atoms with Crippen LogP contribution in [0.4, 0.5) is 0 Å². The van der Waals surface area contributed by atoms with Gasteiger partial charge in [0.25, 0.3) is 0 Å². The highest BCUT2D eigenvalue weighted by molar-refractivity contribution is 7.12. The summed E-state index contributed by atoms with van der Waals surface area (Å²) in [6.07, 6.45) is 3.75. The molecule has 1 aliphatic rings. The Balaban J connectivity index is 1.90. The second-order valence-electron chi connectivity index (χ2n) is 4.71. The standard InChI is InChI=1S/C15H17NOS/c1-17-12-6-2-5-11(8-12)15(16)14-9-10-4-3-7-13(10)18-14/h2,5-6,8-9,15H,3-4,7,16H2,1H3. The van der Waals surface area contributed by atoms with Crippen molar-refractivity contribution in [3.8, 4) is 5.75 Å². The maximum Gasteiger partial charge on any atom is 0.119 e. The molecular weight excluding hydrogens is 242 g/mol.